The minimum absolute atomic E-state index is 0.613. The molecule has 0 spiro atoms. The molecule has 0 aliphatic heterocycles. The van der Waals surface area contributed by atoms with Crippen LogP contribution < -0.4 is 5.73 Å². The van der Waals surface area contributed by atoms with Crippen LogP contribution in [-0.4, -0.2) is 43.7 Å². The van der Waals surface area contributed by atoms with E-state index >= 15 is 0 Å². The second-order valence-corrected chi connectivity index (χ2v) is 6.84. The van der Waals surface area contributed by atoms with Crippen molar-refractivity contribution in [3.05, 3.63) is 0 Å². The summed E-state index contributed by atoms with van der Waals surface area (Å²) in [5.41, 5.74) is 5.60. The topological polar surface area (TPSA) is 41.6 Å². The summed E-state index contributed by atoms with van der Waals surface area (Å²) >= 11 is 0. The molecule has 0 aromatic rings. The van der Waals surface area contributed by atoms with Crippen molar-refractivity contribution < 1.29 is 0 Å². The van der Waals surface area contributed by atoms with Gasteiger partial charge < -0.3 is 10.6 Å². The summed E-state index contributed by atoms with van der Waals surface area (Å²) in [6, 6.07) is 0. The van der Waals surface area contributed by atoms with Crippen molar-refractivity contribution >= 4 is 16.2 Å². The predicted octanol–water partition coefficient (Wildman–Crippen LogP) is 0.472. The van der Waals surface area contributed by atoms with Crippen molar-refractivity contribution in [1.29, 1.82) is 0 Å². The van der Waals surface area contributed by atoms with Crippen molar-refractivity contribution in [1.82, 2.24) is 4.90 Å². The maximum absolute atomic E-state index is 5.60. The number of rotatable bonds is 1. The fraction of sp³-hybridized carbons (Fsp3) is 0.833. The predicted molar refractivity (Wildman–Crippen MR) is 50.7 cm³/mol. The van der Waals surface area contributed by atoms with Crippen LogP contribution in [0.3, 0.4) is 0 Å². The zero-order valence-corrected chi connectivity index (χ0v) is 8.20. The second-order valence-electron chi connectivity index (χ2n) is 3.12. The van der Waals surface area contributed by atoms with Crippen LogP contribution in [0.1, 0.15) is 0 Å². The molecule has 3 nitrogen and oxygen atoms in total. The van der Waals surface area contributed by atoms with Crippen LogP contribution in [0, 0.1) is 0 Å². The summed E-state index contributed by atoms with van der Waals surface area (Å²) in [6.07, 6.45) is 6.30. The van der Waals surface area contributed by atoms with Crippen molar-refractivity contribution in [3.8, 4) is 0 Å². The van der Waals surface area contributed by atoms with Crippen LogP contribution in [0.5, 0.6) is 0 Å². The zero-order valence-electron chi connectivity index (χ0n) is 7.38. The smallest absolute Gasteiger partial charge is 0.200 e. The lowest BCUT2D eigenvalue weighted by molar-refractivity contribution is 0.616. The summed E-state index contributed by atoms with van der Waals surface area (Å²) in [5, 5.41) is 0. The van der Waals surface area contributed by atoms with Crippen LogP contribution in [0.4, 0.5) is 0 Å². The average Bonchev–Trinajstić information content (AvgIpc) is 1.60. The maximum Gasteiger partial charge on any atom is 0.200 e. The van der Waals surface area contributed by atoms with Crippen molar-refractivity contribution in [2.24, 2.45) is 10.1 Å². The fourth-order valence-electron chi connectivity index (χ4n) is 0.362. The molecule has 10 heavy (non-hydrogen) atoms. The maximum atomic E-state index is 5.60. The summed E-state index contributed by atoms with van der Waals surface area (Å²) in [5.74, 6) is 0.613. The monoisotopic (exact) mass is 163 g/mol. The molecule has 0 aromatic heterocycles. The lowest BCUT2D eigenvalue weighted by atomic mass is 10.8. The molecular weight excluding hydrogens is 146 g/mol. The summed E-state index contributed by atoms with van der Waals surface area (Å²) in [7, 11) is 2.94. The van der Waals surface area contributed by atoms with Crippen molar-refractivity contribution in [3.63, 3.8) is 0 Å². The molecule has 4 heteroatoms. The molecule has 0 heterocycles. The lowest BCUT2D eigenvalue weighted by Gasteiger charge is -2.22. The molecule has 0 aromatic carbocycles. The van der Waals surface area contributed by atoms with Gasteiger partial charge in [0.05, 0.1) is 0 Å². The standard InChI is InChI=1S/C6H17N3S/c1-9(2)6(7)8-10(3,4)5/h1-5H3,(H2,7,8). The Bertz CT molecular complexity index is 134. The molecule has 0 unspecified atom stereocenters. The summed E-state index contributed by atoms with van der Waals surface area (Å²) in [4.78, 5) is 1.82. The molecule has 62 valence electrons. The number of nitrogens with zero attached hydrogens (tertiary/aromatic N) is 2. The Labute approximate surface area is 64.8 Å². The van der Waals surface area contributed by atoms with Crippen LogP contribution in [0.25, 0.3) is 0 Å². The SMILES string of the molecule is CN(C)C(N)=NS(C)(C)C. The van der Waals surface area contributed by atoms with Gasteiger partial charge in [-0.25, -0.2) is 4.40 Å². The Morgan fingerprint density at radius 3 is 1.80 bits per heavy atom. The molecule has 0 fully saturated rings. The Hall–Kier alpha value is -0.380. The van der Waals surface area contributed by atoms with Gasteiger partial charge in [-0.2, -0.15) is 10.2 Å². The van der Waals surface area contributed by atoms with Gasteiger partial charge in [-0.05, 0) is 18.8 Å². The van der Waals surface area contributed by atoms with Gasteiger partial charge >= 0.3 is 0 Å². The van der Waals surface area contributed by atoms with E-state index in [0.29, 0.717) is 5.96 Å². The van der Waals surface area contributed by atoms with Gasteiger partial charge in [-0.15, -0.1) is 0 Å². The van der Waals surface area contributed by atoms with Crippen molar-refractivity contribution in [2.45, 2.75) is 0 Å². The molecule has 0 bridgehead atoms. The first kappa shape index (κ1) is 9.62. The number of hydrogen-bond acceptors (Lipinski definition) is 1. The van der Waals surface area contributed by atoms with Gasteiger partial charge in [0, 0.05) is 14.1 Å². The molecule has 0 amide bonds. The Balaban J connectivity index is 4.17. The Morgan fingerprint density at radius 1 is 1.30 bits per heavy atom. The largest absolute Gasteiger partial charge is 0.369 e. The van der Waals surface area contributed by atoms with Crippen molar-refractivity contribution in [2.75, 3.05) is 32.9 Å². The minimum atomic E-state index is -0.847. The highest BCUT2D eigenvalue weighted by molar-refractivity contribution is 8.31. The van der Waals surface area contributed by atoms with E-state index in [0.717, 1.165) is 0 Å². The third-order valence-corrected chi connectivity index (χ3v) is 1.56. The number of guanidine groups is 1. The molecule has 2 N–H and O–H groups in total. The molecule has 0 aliphatic carbocycles. The average molecular weight is 163 g/mol. The summed E-state index contributed by atoms with van der Waals surface area (Å²) < 4.78 is 4.31. The molecular formula is C6H17N3S. The highest BCUT2D eigenvalue weighted by Crippen LogP contribution is 2.35. The van der Waals surface area contributed by atoms with Crippen LogP contribution in [0.2, 0.25) is 0 Å². The van der Waals surface area contributed by atoms with Gasteiger partial charge in [0.2, 0.25) is 5.96 Å². The van der Waals surface area contributed by atoms with E-state index in [9.17, 15) is 0 Å². The van der Waals surface area contributed by atoms with E-state index in [1.165, 1.54) is 0 Å². The minimum Gasteiger partial charge on any atom is -0.369 e. The van der Waals surface area contributed by atoms with E-state index in [2.05, 4.69) is 23.2 Å². The highest BCUT2D eigenvalue weighted by atomic mass is 32.3. The first-order valence-electron chi connectivity index (χ1n) is 3.04. The molecule has 0 radical (unpaired) electrons. The normalized spacial score (nSPS) is 15.1. The van der Waals surface area contributed by atoms with Gasteiger partial charge in [0.15, 0.2) is 0 Å². The van der Waals surface area contributed by atoms with Gasteiger partial charge in [0.25, 0.3) is 0 Å². The molecule has 0 saturated heterocycles. The van der Waals surface area contributed by atoms with Crippen LogP contribution in [0.15, 0.2) is 4.40 Å². The van der Waals surface area contributed by atoms with Gasteiger partial charge in [-0.1, -0.05) is 0 Å². The van der Waals surface area contributed by atoms with Gasteiger partial charge in [-0.3, -0.25) is 0 Å². The molecule has 0 rings (SSSR count). The third-order valence-electron chi connectivity index (χ3n) is 0.826. The van der Waals surface area contributed by atoms with E-state index in [1.54, 1.807) is 0 Å². The second kappa shape index (κ2) is 3.14. The molecule has 0 aliphatic rings. The highest BCUT2D eigenvalue weighted by Gasteiger charge is 2.02. The van der Waals surface area contributed by atoms with Crippen LogP contribution in [-0.2, 0) is 0 Å². The summed E-state index contributed by atoms with van der Waals surface area (Å²) in [6.45, 7) is 0. The van der Waals surface area contributed by atoms with E-state index in [-0.39, 0.29) is 0 Å². The Kier molecular flexibility index (Phi) is 3.02. The van der Waals surface area contributed by atoms with E-state index in [4.69, 9.17) is 5.73 Å². The molecule has 0 saturated carbocycles. The van der Waals surface area contributed by atoms with Crippen LogP contribution >= 0.6 is 10.2 Å². The first-order chi connectivity index (χ1) is 4.33. The first-order valence-corrected chi connectivity index (χ1v) is 5.85. The number of nitrogens with two attached hydrogens (primary N) is 1. The van der Waals surface area contributed by atoms with Gasteiger partial charge in [0.1, 0.15) is 0 Å². The quantitative estimate of drug-likeness (QED) is 0.451. The van der Waals surface area contributed by atoms with E-state index in [1.807, 2.05) is 19.0 Å². The molecule has 0 atom stereocenters. The zero-order chi connectivity index (χ0) is 8.36. The third kappa shape index (κ3) is 4.49. The number of hydrogen-bond donors (Lipinski definition) is 1. The Morgan fingerprint density at radius 2 is 1.70 bits per heavy atom. The lowest BCUT2D eigenvalue weighted by Crippen LogP contribution is -2.30. The van der Waals surface area contributed by atoms with E-state index < -0.39 is 10.2 Å². The fourth-order valence-corrected chi connectivity index (χ4v) is 1.09.